The van der Waals surface area contributed by atoms with E-state index >= 15 is 0 Å². The Balaban J connectivity index is 1.82. The number of alkyl halides is 2. The van der Waals surface area contributed by atoms with Gasteiger partial charge in [0.25, 0.3) is 5.91 Å². The van der Waals surface area contributed by atoms with Gasteiger partial charge < -0.3 is 5.32 Å². The average molecular weight is 451 g/mol. The van der Waals surface area contributed by atoms with E-state index in [1.54, 1.807) is 6.92 Å². The summed E-state index contributed by atoms with van der Waals surface area (Å²) in [5.41, 5.74) is 0.862. The van der Waals surface area contributed by atoms with Crippen LogP contribution in [0.1, 0.15) is 44.4 Å². The zero-order valence-corrected chi connectivity index (χ0v) is 18.5. The van der Waals surface area contributed by atoms with Gasteiger partial charge >= 0.3 is 11.8 Å². The molecule has 0 bridgehead atoms. The van der Waals surface area contributed by atoms with Crippen LogP contribution in [0.25, 0.3) is 0 Å². The van der Waals surface area contributed by atoms with Crippen LogP contribution >= 0.6 is 0 Å². The van der Waals surface area contributed by atoms with Crippen molar-refractivity contribution < 1.29 is 26.8 Å². The first-order valence-electron chi connectivity index (χ1n) is 9.63. The second-order valence-corrected chi connectivity index (χ2v) is 10.6. The highest BCUT2D eigenvalue weighted by atomic mass is 32.2. The smallest absolute Gasteiger partial charge is 0.319 e. The standard InChI is InChI=1S/C22H24F2N2O4S/c1-21(2,3)15-7-9-16(10-8-15)22(4)18(27)26(20(28)25-22)13-14-5-11-17(12-6-14)31(29,30)19(23)24/h5-12,19H,13H2,1-4H3,(H,25,28). The zero-order chi connectivity index (χ0) is 23.2. The highest BCUT2D eigenvalue weighted by molar-refractivity contribution is 7.91. The molecule has 0 aliphatic carbocycles. The number of nitrogens with zero attached hydrogens (tertiary/aromatic N) is 1. The van der Waals surface area contributed by atoms with E-state index in [1.165, 1.54) is 12.1 Å². The van der Waals surface area contributed by atoms with Crippen molar-refractivity contribution in [2.75, 3.05) is 0 Å². The molecule has 3 rings (SSSR count). The molecular formula is C22H24F2N2O4S. The highest BCUT2D eigenvalue weighted by Gasteiger charge is 2.48. The first-order valence-corrected chi connectivity index (χ1v) is 11.2. The quantitative estimate of drug-likeness (QED) is 0.700. The normalized spacial score (nSPS) is 19.8. The zero-order valence-electron chi connectivity index (χ0n) is 17.6. The van der Waals surface area contributed by atoms with Gasteiger partial charge in [0.2, 0.25) is 9.84 Å². The van der Waals surface area contributed by atoms with Crippen molar-refractivity contribution in [1.29, 1.82) is 0 Å². The lowest BCUT2D eigenvalue weighted by atomic mass is 9.84. The maximum absolute atomic E-state index is 13.1. The first kappa shape index (κ1) is 22.9. The van der Waals surface area contributed by atoms with Crippen molar-refractivity contribution in [2.45, 2.75) is 55.8 Å². The van der Waals surface area contributed by atoms with Gasteiger partial charge in [0.1, 0.15) is 5.54 Å². The number of amides is 3. The molecule has 1 unspecified atom stereocenters. The Morgan fingerprint density at radius 2 is 1.55 bits per heavy atom. The minimum absolute atomic E-state index is 0.0572. The summed E-state index contributed by atoms with van der Waals surface area (Å²) >= 11 is 0. The van der Waals surface area contributed by atoms with E-state index in [9.17, 15) is 26.8 Å². The van der Waals surface area contributed by atoms with Gasteiger partial charge in [-0.1, -0.05) is 57.2 Å². The third-order valence-electron chi connectivity index (χ3n) is 5.43. The number of halogens is 2. The fourth-order valence-corrected chi connectivity index (χ4v) is 4.13. The van der Waals surface area contributed by atoms with E-state index in [-0.39, 0.29) is 12.0 Å². The highest BCUT2D eigenvalue weighted by Crippen LogP contribution is 2.32. The van der Waals surface area contributed by atoms with Crippen LogP contribution in [0.3, 0.4) is 0 Å². The monoisotopic (exact) mass is 450 g/mol. The number of hydrogen-bond acceptors (Lipinski definition) is 4. The Kier molecular flexibility index (Phi) is 5.69. The molecule has 166 valence electrons. The Labute approximate surface area is 180 Å². The fourth-order valence-electron chi connectivity index (χ4n) is 3.41. The summed E-state index contributed by atoms with van der Waals surface area (Å²) in [6.07, 6.45) is 0. The van der Waals surface area contributed by atoms with E-state index in [0.717, 1.165) is 22.6 Å². The maximum Gasteiger partial charge on any atom is 0.341 e. The third kappa shape index (κ3) is 4.19. The lowest BCUT2D eigenvalue weighted by molar-refractivity contribution is -0.131. The molecule has 1 saturated heterocycles. The van der Waals surface area contributed by atoms with Gasteiger partial charge in [-0.2, -0.15) is 8.78 Å². The van der Waals surface area contributed by atoms with Gasteiger partial charge in [-0.15, -0.1) is 0 Å². The molecule has 1 aliphatic heterocycles. The number of imide groups is 1. The maximum atomic E-state index is 13.1. The van der Waals surface area contributed by atoms with Crippen molar-refractivity contribution >= 4 is 21.8 Å². The molecular weight excluding hydrogens is 426 g/mol. The van der Waals surface area contributed by atoms with Crippen LogP contribution in [0, 0.1) is 0 Å². The molecule has 0 spiro atoms. The van der Waals surface area contributed by atoms with E-state index in [1.807, 2.05) is 24.3 Å². The predicted molar refractivity (Wildman–Crippen MR) is 111 cm³/mol. The molecule has 0 radical (unpaired) electrons. The van der Waals surface area contributed by atoms with Crippen LogP contribution in [-0.4, -0.2) is 31.0 Å². The number of urea groups is 1. The van der Waals surface area contributed by atoms with Crippen molar-refractivity contribution in [3.63, 3.8) is 0 Å². The van der Waals surface area contributed by atoms with Crippen molar-refractivity contribution in [1.82, 2.24) is 10.2 Å². The minimum atomic E-state index is -4.70. The Morgan fingerprint density at radius 3 is 2.03 bits per heavy atom. The number of nitrogens with one attached hydrogen (secondary N) is 1. The summed E-state index contributed by atoms with van der Waals surface area (Å²) in [7, 11) is -4.70. The third-order valence-corrected chi connectivity index (χ3v) is 6.83. The van der Waals surface area contributed by atoms with Crippen molar-refractivity contribution in [2.24, 2.45) is 0 Å². The lowest BCUT2D eigenvalue weighted by Gasteiger charge is -2.24. The topological polar surface area (TPSA) is 83.6 Å². The molecule has 3 amide bonds. The minimum Gasteiger partial charge on any atom is -0.319 e. The predicted octanol–water partition coefficient (Wildman–Crippen LogP) is 3.95. The largest absolute Gasteiger partial charge is 0.341 e. The summed E-state index contributed by atoms with van der Waals surface area (Å²) in [6.45, 7) is 7.73. The van der Waals surface area contributed by atoms with Crippen molar-refractivity contribution in [3.8, 4) is 0 Å². The molecule has 31 heavy (non-hydrogen) atoms. The van der Waals surface area contributed by atoms with E-state index < -0.39 is 38.0 Å². The van der Waals surface area contributed by atoms with Gasteiger partial charge in [-0.25, -0.2) is 13.2 Å². The SMILES string of the molecule is CC(C)(C)c1ccc(C2(C)NC(=O)N(Cc3ccc(S(=O)(=O)C(F)F)cc3)C2=O)cc1. The molecule has 0 aromatic heterocycles. The number of rotatable bonds is 5. The van der Waals surface area contributed by atoms with Gasteiger partial charge in [0, 0.05) is 0 Å². The molecule has 6 nitrogen and oxygen atoms in total. The summed E-state index contributed by atoms with van der Waals surface area (Å²) in [5, 5.41) is 2.72. The van der Waals surface area contributed by atoms with Crippen LogP contribution in [-0.2, 0) is 32.1 Å². The first-order chi connectivity index (χ1) is 14.3. The Hall–Kier alpha value is -2.81. The number of benzene rings is 2. The van der Waals surface area contributed by atoms with Gasteiger partial charge in [-0.3, -0.25) is 9.69 Å². The molecule has 9 heteroatoms. The van der Waals surface area contributed by atoms with Gasteiger partial charge in [-0.05, 0) is 41.2 Å². The molecule has 1 heterocycles. The number of carbonyl (C=O) groups excluding carboxylic acids is 2. The molecule has 1 atom stereocenters. The molecule has 0 saturated carbocycles. The Morgan fingerprint density at radius 1 is 1.00 bits per heavy atom. The molecule has 1 aliphatic rings. The second-order valence-electron chi connectivity index (χ2n) is 8.72. The average Bonchev–Trinajstić information content (AvgIpc) is 2.92. The summed E-state index contributed by atoms with van der Waals surface area (Å²) < 4.78 is 48.4. The number of sulfone groups is 1. The Bertz CT molecular complexity index is 1110. The summed E-state index contributed by atoms with van der Waals surface area (Å²) in [5.74, 6) is -3.97. The number of carbonyl (C=O) groups is 2. The van der Waals surface area contributed by atoms with E-state index in [0.29, 0.717) is 11.1 Å². The van der Waals surface area contributed by atoms with Gasteiger partial charge in [0.05, 0.1) is 11.4 Å². The van der Waals surface area contributed by atoms with E-state index in [4.69, 9.17) is 0 Å². The summed E-state index contributed by atoms with van der Waals surface area (Å²) in [4.78, 5) is 26.1. The van der Waals surface area contributed by atoms with Crippen LogP contribution in [0.4, 0.5) is 13.6 Å². The van der Waals surface area contributed by atoms with E-state index in [2.05, 4.69) is 26.1 Å². The number of hydrogen-bond donors (Lipinski definition) is 1. The molecule has 2 aromatic rings. The molecule has 2 aromatic carbocycles. The fraction of sp³-hybridized carbons (Fsp3) is 0.364. The van der Waals surface area contributed by atoms with Crippen LogP contribution < -0.4 is 5.32 Å². The van der Waals surface area contributed by atoms with Crippen LogP contribution in [0.15, 0.2) is 53.4 Å². The summed E-state index contributed by atoms with van der Waals surface area (Å²) in [6, 6.07) is 11.6. The molecule has 1 fully saturated rings. The van der Waals surface area contributed by atoms with Crippen molar-refractivity contribution in [3.05, 3.63) is 65.2 Å². The van der Waals surface area contributed by atoms with Crippen LogP contribution in [0.2, 0.25) is 0 Å². The molecule has 1 N–H and O–H groups in total. The van der Waals surface area contributed by atoms with Crippen LogP contribution in [0.5, 0.6) is 0 Å². The van der Waals surface area contributed by atoms with Gasteiger partial charge in [0.15, 0.2) is 0 Å². The second kappa shape index (κ2) is 7.71. The lowest BCUT2D eigenvalue weighted by Crippen LogP contribution is -2.40.